The average Bonchev–Trinajstić information content (AvgIpc) is 3.18. The van der Waals surface area contributed by atoms with Gasteiger partial charge in [0.05, 0.1) is 13.1 Å². The molecule has 0 N–H and O–H groups in total. The number of aromatic nitrogens is 3. The molecule has 26 heavy (non-hydrogen) atoms. The Hall–Kier alpha value is -1.96. The number of rotatable bonds is 3. The van der Waals surface area contributed by atoms with E-state index in [9.17, 15) is 14.0 Å². The van der Waals surface area contributed by atoms with Crippen LogP contribution >= 0.6 is 15.9 Å². The van der Waals surface area contributed by atoms with Gasteiger partial charge in [-0.2, -0.15) is 5.10 Å². The zero-order valence-corrected chi connectivity index (χ0v) is 15.9. The molecule has 0 bridgehead atoms. The Labute approximate surface area is 158 Å². The number of aryl methyl sites for hydroxylation is 1. The minimum atomic E-state index is -0.960. The van der Waals surface area contributed by atoms with Crippen LogP contribution in [0.2, 0.25) is 0 Å². The van der Waals surface area contributed by atoms with Crippen LogP contribution in [0.1, 0.15) is 36.7 Å². The zero-order valence-electron chi connectivity index (χ0n) is 14.3. The second-order valence-corrected chi connectivity index (χ2v) is 7.85. The lowest BCUT2D eigenvalue weighted by Gasteiger charge is -2.26. The molecule has 1 aromatic heterocycles. The zero-order chi connectivity index (χ0) is 18.3. The van der Waals surface area contributed by atoms with Crippen molar-refractivity contribution in [2.24, 2.45) is 0 Å². The number of amides is 1. The van der Waals surface area contributed by atoms with Crippen LogP contribution in [0, 0.1) is 0 Å². The van der Waals surface area contributed by atoms with Crippen LogP contribution in [-0.4, -0.2) is 44.4 Å². The largest absolute Gasteiger partial charge is 0.346 e. The maximum atomic E-state index is 13.5. The molecule has 0 saturated carbocycles. The van der Waals surface area contributed by atoms with E-state index in [1.54, 1.807) is 4.90 Å². The van der Waals surface area contributed by atoms with Gasteiger partial charge in [-0.05, 0) is 37.0 Å². The van der Waals surface area contributed by atoms with Crippen molar-refractivity contribution in [3.05, 3.63) is 50.6 Å². The van der Waals surface area contributed by atoms with E-state index < -0.39 is 12.2 Å². The van der Waals surface area contributed by atoms with Gasteiger partial charge in [-0.1, -0.05) is 28.1 Å². The van der Waals surface area contributed by atoms with Crippen molar-refractivity contribution in [3.63, 3.8) is 0 Å². The van der Waals surface area contributed by atoms with Crippen molar-refractivity contribution in [2.45, 2.75) is 44.4 Å². The highest BCUT2D eigenvalue weighted by Crippen LogP contribution is 2.26. The number of likely N-dealkylation sites (tertiary alicyclic amines) is 1. The van der Waals surface area contributed by atoms with Gasteiger partial charge in [-0.3, -0.25) is 9.36 Å². The number of nitrogens with zero attached hydrogens (tertiary/aromatic N) is 4. The number of hydrogen-bond donors (Lipinski definition) is 0. The van der Waals surface area contributed by atoms with Gasteiger partial charge in [0.2, 0.25) is 5.91 Å². The first kappa shape index (κ1) is 17.5. The van der Waals surface area contributed by atoms with Gasteiger partial charge in [0.15, 0.2) is 0 Å². The Balaban J connectivity index is 1.63. The first-order valence-corrected chi connectivity index (χ1v) is 9.68. The maximum absolute atomic E-state index is 13.5. The Morgan fingerprint density at radius 3 is 2.92 bits per heavy atom. The third-order valence-corrected chi connectivity index (χ3v) is 5.57. The van der Waals surface area contributed by atoms with Crippen molar-refractivity contribution in [1.82, 2.24) is 19.2 Å². The summed E-state index contributed by atoms with van der Waals surface area (Å²) < 4.78 is 17.4. The van der Waals surface area contributed by atoms with Gasteiger partial charge in [-0.15, -0.1) is 0 Å². The summed E-state index contributed by atoms with van der Waals surface area (Å²) in [6.07, 6.45) is 1.50. The van der Waals surface area contributed by atoms with Gasteiger partial charge < -0.3 is 4.90 Å². The molecule has 0 aliphatic carbocycles. The van der Waals surface area contributed by atoms with Gasteiger partial charge in [0.1, 0.15) is 18.0 Å². The summed E-state index contributed by atoms with van der Waals surface area (Å²) in [5, 5.41) is 4.46. The Bertz CT molecular complexity index is 894. The van der Waals surface area contributed by atoms with E-state index in [0.29, 0.717) is 38.2 Å². The van der Waals surface area contributed by atoms with Gasteiger partial charge in [0, 0.05) is 17.4 Å². The van der Waals surface area contributed by atoms with Crippen LogP contribution in [-0.2, 0) is 17.8 Å². The van der Waals surface area contributed by atoms with E-state index in [2.05, 4.69) is 21.0 Å². The maximum Gasteiger partial charge on any atom is 0.346 e. The predicted molar refractivity (Wildman–Crippen MR) is 97.8 cm³/mol. The molecule has 8 heteroatoms. The number of alkyl halides is 1. The molecular formula is C18H20BrFN4O2. The first-order valence-electron chi connectivity index (χ1n) is 8.88. The summed E-state index contributed by atoms with van der Waals surface area (Å²) in [4.78, 5) is 27.3. The summed E-state index contributed by atoms with van der Waals surface area (Å²) >= 11 is 3.43. The van der Waals surface area contributed by atoms with Crippen molar-refractivity contribution < 1.29 is 9.18 Å². The molecular weight excluding hydrogens is 403 g/mol. The molecule has 1 saturated heterocycles. The normalized spacial score (nSPS) is 22.5. The molecule has 0 spiro atoms. The van der Waals surface area contributed by atoms with E-state index in [1.165, 1.54) is 9.25 Å². The van der Waals surface area contributed by atoms with Gasteiger partial charge >= 0.3 is 5.69 Å². The molecule has 2 aliphatic rings. The summed E-state index contributed by atoms with van der Waals surface area (Å²) in [6, 6.07) is 7.15. The molecule has 3 heterocycles. The Morgan fingerprint density at radius 2 is 2.19 bits per heavy atom. The van der Waals surface area contributed by atoms with Gasteiger partial charge in [0.25, 0.3) is 0 Å². The van der Waals surface area contributed by atoms with E-state index in [-0.39, 0.29) is 18.1 Å². The summed E-state index contributed by atoms with van der Waals surface area (Å²) in [5.41, 5.74) is 0.689. The molecule has 2 atom stereocenters. The average molecular weight is 423 g/mol. The van der Waals surface area contributed by atoms with Crippen LogP contribution in [0.4, 0.5) is 4.39 Å². The van der Waals surface area contributed by atoms with Crippen molar-refractivity contribution in [2.75, 3.05) is 13.1 Å². The number of halogens is 2. The predicted octanol–water partition coefficient (Wildman–Crippen LogP) is 2.30. The van der Waals surface area contributed by atoms with E-state index >= 15 is 0 Å². The van der Waals surface area contributed by atoms with Crippen LogP contribution in [0.15, 0.2) is 33.5 Å². The lowest BCUT2D eigenvalue weighted by molar-refractivity contribution is -0.134. The molecule has 4 rings (SSSR count). The molecule has 1 fully saturated rings. The third-order valence-electron chi connectivity index (χ3n) is 5.08. The topological polar surface area (TPSA) is 60.1 Å². The second kappa shape index (κ2) is 6.98. The summed E-state index contributed by atoms with van der Waals surface area (Å²) in [7, 11) is 0. The molecule has 1 aromatic carbocycles. The third kappa shape index (κ3) is 3.22. The molecule has 6 nitrogen and oxygen atoms in total. The van der Waals surface area contributed by atoms with E-state index in [1.807, 2.05) is 24.3 Å². The quantitative estimate of drug-likeness (QED) is 0.762. The van der Waals surface area contributed by atoms with Crippen LogP contribution < -0.4 is 5.69 Å². The molecule has 1 amide bonds. The highest BCUT2D eigenvalue weighted by atomic mass is 79.9. The van der Waals surface area contributed by atoms with Crippen LogP contribution in [0.25, 0.3) is 0 Å². The highest BCUT2D eigenvalue weighted by Gasteiger charge is 2.36. The molecule has 138 valence electrons. The van der Waals surface area contributed by atoms with E-state index in [4.69, 9.17) is 0 Å². The molecule has 2 aromatic rings. The number of carbonyl (C=O) groups is 1. The lowest BCUT2D eigenvalue weighted by atomic mass is 10.0. The smallest absolute Gasteiger partial charge is 0.338 e. The second-order valence-electron chi connectivity index (χ2n) is 6.93. The standard InChI is InChI=1S/C18H20BrFN4O2/c19-13-4-1-3-12(9-13)10-23-18(26)24-15(5-2-6-16(24)21-23)17(25)22-8-7-14(20)11-22/h1,3-4,9,14-15H,2,5-8,10-11H2/t14-,15-/m0/s1. The number of fused-ring (bicyclic) bond motifs is 1. The summed E-state index contributed by atoms with van der Waals surface area (Å²) in [5.74, 6) is 0.487. The Morgan fingerprint density at radius 1 is 1.35 bits per heavy atom. The fraction of sp³-hybridized carbons (Fsp3) is 0.500. The molecule has 0 radical (unpaired) electrons. The van der Waals surface area contributed by atoms with Crippen LogP contribution in [0.5, 0.6) is 0 Å². The number of hydrogen-bond acceptors (Lipinski definition) is 3. The van der Waals surface area contributed by atoms with E-state index in [0.717, 1.165) is 16.5 Å². The fourth-order valence-corrected chi connectivity index (χ4v) is 4.25. The minimum absolute atomic E-state index is 0.131. The first-order chi connectivity index (χ1) is 12.5. The highest BCUT2D eigenvalue weighted by molar-refractivity contribution is 9.10. The monoisotopic (exact) mass is 422 g/mol. The molecule has 2 aliphatic heterocycles. The SMILES string of the molecule is O=C([C@@H]1CCCc2nn(Cc3cccc(Br)c3)c(=O)n21)N1CC[C@H](F)C1. The minimum Gasteiger partial charge on any atom is -0.338 e. The molecule has 0 unspecified atom stereocenters. The number of carbonyl (C=O) groups excluding carboxylic acids is 1. The van der Waals surface area contributed by atoms with Gasteiger partial charge in [-0.25, -0.2) is 13.9 Å². The summed E-state index contributed by atoms with van der Waals surface area (Å²) in [6.45, 7) is 0.911. The van der Waals surface area contributed by atoms with Crippen molar-refractivity contribution in [3.8, 4) is 0 Å². The van der Waals surface area contributed by atoms with Crippen molar-refractivity contribution >= 4 is 21.8 Å². The van der Waals surface area contributed by atoms with Crippen molar-refractivity contribution in [1.29, 1.82) is 0 Å². The Kier molecular flexibility index (Phi) is 4.69. The lowest BCUT2D eigenvalue weighted by Crippen LogP contribution is -2.41. The van der Waals surface area contributed by atoms with Crippen LogP contribution in [0.3, 0.4) is 0 Å². The number of benzene rings is 1. The fourth-order valence-electron chi connectivity index (χ4n) is 3.81.